The van der Waals surface area contributed by atoms with E-state index in [0.29, 0.717) is 5.52 Å². The molecule has 1 heterocycles. The first-order chi connectivity index (χ1) is 18.3. The first-order valence-electron chi connectivity index (χ1n) is 12.8. The van der Waals surface area contributed by atoms with Crippen molar-refractivity contribution in [2.24, 2.45) is 0 Å². The summed E-state index contributed by atoms with van der Waals surface area (Å²) in [5.41, 5.74) is 4.69. The molecule has 0 aliphatic carbocycles. The van der Waals surface area contributed by atoms with Crippen molar-refractivity contribution in [3.8, 4) is 11.1 Å². The molecule has 1 N–H and O–H groups in total. The molecule has 0 radical (unpaired) electrons. The number of rotatable bonds is 2. The van der Waals surface area contributed by atoms with Gasteiger partial charge in [0.1, 0.15) is 5.52 Å². The van der Waals surface area contributed by atoms with Gasteiger partial charge in [0.15, 0.2) is 0 Å². The van der Waals surface area contributed by atoms with Crippen LogP contribution in [0, 0.1) is 10.1 Å². The molecule has 5 aromatic carbocycles. The normalized spacial score (nSPS) is 11.8. The maximum atomic E-state index is 12.3. The van der Waals surface area contributed by atoms with Crippen LogP contribution in [0.5, 0.6) is 0 Å². The highest BCUT2D eigenvalue weighted by Gasteiger charge is 2.17. The third-order valence-corrected chi connectivity index (χ3v) is 7.32. The summed E-state index contributed by atoms with van der Waals surface area (Å²) in [5, 5.41) is 18.2. The van der Waals surface area contributed by atoms with E-state index < -0.39 is 0 Å². The smallest absolute Gasteiger partial charge is 0.293 e. The Morgan fingerprint density at radius 3 is 1.68 bits per heavy atom. The standard InChI is InChI=1S/C34H28N2O2/c1-34(2,3)23-12-8-11-22(21-23)24-17-9-18-29-27-15-6-4-13-25(27)26-14-5-7-16-28(26)30-19-10-20-31(36(37)38)33(30)35-32(24)29/h4-21,35H,1-3H3. The van der Waals surface area contributed by atoms with Crippen LogP contribution < -0.4 is 0 Å². The largest absolute Gasteiger partial charge is 0.348 e. The maximum Gasteiger partial charge on any atom is 0.293 e. The zero-order valence-electron chi connectivity index (χ0n) is 21.7. The van der Waals surface area contributed by atoms with Crippen molar-refractivity contribution >= 4 is 49.0 Å². The molecule has 0 bridgehead atoms. The van der Waals surface area contributed by atoms with E-state index in [1.807, 2.05) is 36.4 Å². The zero-order chi connectivity index (χ0) is 26.4. The topological polar surface area (TPSA) is 58.9 Å². The van der Waals surface area contributed by atoms with Crippen molar-refractivity contribution in [1.82, 2.24) is 4.98 Å². The van der Waals surface area contributed by atoms with Gasteiger partial charge in [0.25, 0.3) is 5.69 Å². The maximum absolute atomic E-state index is 12.3. The fourth-order valence-corrected chi connectivity index (χ4v) is 5.38. The van der Waals surface area contributed by atoms with Crippen molar-refractivity contribution in [3.05, 3.63) is 125 Å². The molecule has 4 heteroatoms. The van der Waals surface area contributed by atoms with E-state index in [1.54, 1.807) is 12.1 Å². The van der Waals surface area contributed by atoms with Gasteiger partial charge in [-0.1, -0.05) is 124 Å². The monoisotopic (exact) mass is 496 g/mol. The Balaban J connectivity index is 1.93. The second kappa shape index (κ2) is 9.00. The highest BCUT2D eigenvalue weighted by Crippen LogP contribution is 2.37. The van der Waals surface area contributed by atoms with E-state index in [0.717, 1.165) is 49.0 Å². The number of aromatic nitrogens is 1. The molecule has 0 aliphatic heterocycles. The molecule has 6 rings (SSSR count). The molecule has 0 amide bonds. The van der Waals surface area contributed by atoms with Gasteiger partial charge in [-0.3, -0.25) is 10.1 Å². The quantitative estimate of drug-likeness (QED) is 0.192. The number of hydrogen-bond acceptors (Lipinski definition) is 2. The Kier molecular flexibility index (Phi) is 5.61. The van der Waals surface area contributed by atoms with Gasteiger partial charge in [-0.05, 0) is 38.1 Å². The van der Waals surface area contributed by atoms with Crippen LogP contribution in [0.15, 0.2) is 109 Å². The van der Waals surface area contributed by atoms with Gasteiger partial charge in [-0.15, -0.1) is 0 Å². The van der Waals surface area contributed by atoms with E-state index in [-0.39, 0.29) is 16.0 Å². The molecular weight excluding hydrogens is 468 g/mol. The number of nitrogens with one attached hydrogen (secondary N) is 1. The summed E-state index contributed by atoms with van der Waals surface area (Å²) in [7, 11) is 0. The molecule has 0 spiro atoms. The summed E-state index contributed by atoms with van der Waals surface area (Å²) in [4.78, 5) is 15.6. The summed E-state index contributed by atoms with van der Waals surface area (Å²) in [6.45, 7) is 6.62. The van der Waals surface area contributed by atoms with Gasteiger partial charge < -0.3 is 4.98 Å². The highest BCUT2D eigenvalue weighted by molar-refractivity contribution is 6.20. The Morgan fingerprint density at radius 2 is 1.11 bits per heavy atom. The van der Waals surface area contributed by atoms with Gasteiger partial charge in [-0.2, -0.15) is 0 Å². The second-order valence-electron chi connectivity index (χ2n) is 10.7. The first-order valence-corrected chi connectivity index (χ1v) is 12.8. The lowest BCUT2D eigenvalue weighted by Gasteiger charge is -2.20. The lowest BCUT2D eigenvalue weighted by atomic mass is 9.85. The number of non-ortho nitro benzene ring substituents is 1. The third-order valence-electron chi connectivity index (χ3n) is 7.32. The fraction of sp³-hybridized carbons (Fsp3) is 0.118. The minimum atomic E-state index is -0.304. The van der Waals surface area contributed by atoms with Crippen molar-refractivity contribution in [2.45, 2.75) is 26.2 Å². The van der Waals surface area contributed by atoms with Crippen LogP contribution in [0.4, 0.5) is 5.69 Å². The second-order valence-corrected chi connectivity index (χ2v) is 10.7. The molecule has 0 atom stereocenters. The SMILES string of the molecule is CC(C)(C)c1cccc(-c2cccc3c2[nH]c2c([N+](=O)[O-])cccc2c2ccccc2c2ccccc32)c1. The highest BCUT2D eigenvalue weighted by atomic mass is 16.6. The lowest BCUT2D eigenvalue weighted by Crippen LogP contribution is -2.10. The van der Waals surface area contributed by atoms with Gasteiger partial charge in [0, 0.05) is 22.4 Å². The van der Waals surface area contributed by atoms with E-state index in [4.69, 9.17) is 0 Å². The van der Waals surface area contributed by atoms with Crippen LogP contribution in [-0.2, 0) is 5.41 Å². The summed E-state index contributed by atoms with van der Waals surface area (Å²) >= 11 is 0. The van der Waals surface area contributed by atoms with Crippen molar-refractivity contribution < 1.29 is 4.92 Å². The number of para-hydroxylation sites is 2. The molecule has 0 fully saturated rings. The van der Waals surface area contributed by atoms with E-state index in [2.05, 4.69) is 86.4 Å². The Morgan fingerprint density at radius 1 is 0.605 bits per heavy atom. The van der Waals surface area contributed by atoms with E-state index >= 15 is 0 Å². The Labute approximate surface area is 221 Å². The van der Waals surface area contributed by atoms with Crippen molar-refractivity contribution in [2.75, 3.05) is 0 Å². The number of nitro groups is 1. The number of benzene rings is 5. The molecule has 38 heavy (non-hydrogen) atoms. The molecule has 0 saturated heterocycles. The van der Waals surface area contributed by atoms with E-state index in [9.17, 15) is 10.1 Å². The number of nitrogens with zero attached hydrogens (tertiary/aromatic N) is 1. The van der Waals surface area contributed by atoms with Crippen LogP contribution in [0.3, 0.4) is 0 Å². The van der Waals surface area contributed by atoms with Crippen molar-refractivity contribution in [1.29, 1.82) is 0 Å². The number of fused-ring (bicyclic) bond motifs is 7. The molecule has 186 valence electrons. The Bertz CT molecular complexity index is 1940. The predicted molar refractivity (Wildman–Crippen MR) is 159 cm³/mol. The molecular formula is C34H28N2O2. The third kappa shape index (κ3) is 3.95. The molecule has 0 saturated carbocycles. The molecule has 4 nitrogen and oxygen atoms in total. The zero-order valence-corrected chi connectivity index (χ0v) is 21.7. The van der Waals surface area contributed by atoms with Gasteiger partial charge in [0.05, 0.1) is 10.4 Å². The van der Waals surface area contributed by atoms with Crippen LogP contribution in [0.1, 0.15) is 26.3 Å². The molecule has 0 unspecified atom stereocenters. The fourth-order valence-electron chi connectivity index (χ4n) is 5.38. The Hall–Kier alpha value is -4.70. The summed E-state index contributed by atoms with van der Waals surface area (Å²) in [5.74, 6) is 0. The first kappa shape index (κ1) is 23.7. The van der Waals surface area contributed by atoms with Crippen LogP contribution in [-0.4, -0.2) is 9.91 Å². The summed E-state index contributed by atoms with van der Waals surface area (Å²) in [6, 6.07) is 36.6. The van der Waals surface area contributed by atoms with Crippen LogP contribution in [0.2, 0.25) is 0 Å². The molecule has 0 aliphatic rings. The molecule has 6 aromatic rings. The number of H-pyrrole nitrogens is 1. The summed E-state index contributed by atoms with van der Waals surface area (Å²) < 4.78 is 0. The summed E-state index contributed by atoms with van der Waals surface area (Å²) in [6.07, 6.45) is 0. The van der Waals surface area contributed by atoms with Crippen molar-refractivity contribution in [3.63, 3.8) is 0 Å². The van der Waals surface area contributed by atoms with Crippen LogP contribution >= 0.6 is 0 Å². The average Bonchev–Trinajstić information content (AvgIpc) is 2.97. The van der Waals surface area contributed by atoms with Gasteiger partial charge >= 0.3 is 0 Å². The average molecular weight is 497 g/mol. The molecule has 1 aromatic heterocycles. The minimum absolute atomic E-state index is 0.0102. The predicted octanol–water partition coefficient (Wildman–Crippen LogP) is 9.62. The number of aromatic amines is 1. The number of hydrogen-bond donors (Lipinski definition) is 1. The van der Waals surface area contributed by atoms with E-state index in [1.165, 1.54) is 5.56 Å². The number of nitro benzene ring substituents is 1. The van der Waals surface area contributed by atoms with Gasteiger partial charge in [0.2, 0.25) is 0 Å². The lowest BCUT2D eigenvalue weighted by molar-refractivity contribution is -0.383. The van der Waals surface area contributed by atoms with Crippen LogP contribution in [0.25, 0.3) is 54.5 Å². The minimum Gasteiger partial charge on any atom is -0.348 e. The van der Waals surface area contributed by atoms with Gasteiger partial charge in [-0.25, -0.2) is 0 Å².